The number of aliphatic hydroxyl groups is 2. The van der Waals surface area contributed by atoms with Crippen LogP contribution in [0.2, 0.25) is 6.32 Å². The largest absolute Gasteiger partial charge is 0.488 e. The molecule has 3 heterocycles. The molecule has 2 saturated heterocycles. The lowest BCUT2D eigenvalue weighted by Gasteiger charge is -2.43. The van der Waals surface area contributed by atoms with Crippen LogP contribution in [0.5, 0.6) is 0 Å². The van der Waals surface area contributed by atoms with Crippen LogP contribution in [0.15, 0.2) is 82.3 Å². The first-order valence-corrected chi connectivity index (χ1v) is 14.7. The average molecular weight is 597 g/mol. The monoisotopic (exact) mass is 597 g/mol. The number of nitrogens with zero attached hydrogens (tertiary/aromatic N) is 1. The lowest BCUT2D eigenvalue weighted by molar-refractivity contribution is -0.122. The lowest BCUT2D eigenvalue weighted by atomic mass is 9.58. The first-order chi connectivity index (χ1) is 21.3. The summed E-state index contributed by atoms with van der Waals surface area (Å²) in [7, 11) is -2.93. The van der Waals surface area contributed by atoms with Crippen LogP contribution in [-0.2, 0) is 20.9 Å². The Bertz CT molecular complexity index is 1600. The van der Waals surface area contributed by atoms with Crippen LogP contribution < -0.4 is 10.4 Å². The van der Waals surface area contributed by atoms with Crippen molar-refractivity contribution in [2.24, 2.45) is 17.8 Å². The van der Waals surface area contributed by atoms with Crippen molar-refractivity contribution in [1.29, 1.82) is 0 Å². The summed E-state index contributed by atoms with van der Waals surface area (Å²) in [5, 5.41) is 50.0. The highest BCUT2D eigenvalue weighted by Gasteiger charge is 2.57. The molecule has 2 fully saturated rings. The summed E-state index contributed by atoms with van der Waals surface area (Å²) >= 11 is 0. The van der Waals surface area contributed by atoms with Crippen molar-refractivity contribution in [3.05, 3.63) is 95.0 Å². The standard InChI is InChI=1S/C32H33B2NO9/c36-17-21-14-26-30(32(39)35(31(26)38)23-8-4-7-22(15-23)34(41)42)27-16-33(40)44-28(29(21)27)12-9-20(19-5-2-1-3-6-19)13-24-10-11-25(18-37)43-24/h1-8,10-11,13,15,26-28,30,36-37,40-42H,9,12,14,16-18H2/b20-13-/t26-,27+,28-,30-/m1/s1. The van der Waals surface area contributed by atoms with E-state index in [1.165, 1.54) is 12.1 Å². The molecule has 3 aromatic rings. The van der Waals surface area contributed by atoms with Gasteiger partial charge in [0.25, 0.3) is 0 Å². The molecule has 0 spiro atoms. The molecule has 0 bridgehead atoms. The van der Waals surface area contributed by atoms with Crippen molar-refractivity contribution in [2.75, 3.05) is 11.5 Å². The van der Waals surface area contributed by atoms with E-state index in [0.717, 1.165) is 21.6 Å². The van der Waals surface area contributed by atoms with E-state index in [0.29, 0.717) is 29.9 Å². The summed E-state index contributed by atoms with van der Waals surface area (Å²) in [5.74, 6) is -1.78. The molecule has 0 saturated carbocycles. The molecule has 10 nitrogen and oxygen atoms in total. The number of amides is 2. The SMILES string of the molecule is O=C1[C@@H]2[C@@H](CC(CO)=C3[C@@H](CC/C(=C/c4ccc(CO)o4)c4ccccc4)OB(O)C[C@@H]32)C(=O)N1c1cccc(B(O)O)c1. The third-order valence-electron chi connectivity index (χ3n) is 8.90. The van der Waals surface area contributed by atoms with Gasteiger partial charge in [-0.1, -0.05) is 42.5 Å². The normalized spacial score (nSPS) is 23.7. The highest BCUT2D eigenvalue weighted by atomic mass is 16.5. The first kappa shape index (κ1) is 30.3. The Morgan fingerprint density at radius 3 is 2.48 bits per heavy atom. The van der Waals surface area contributed by atoms with E-state index < -0.39 is 49.9 Å². The zero-order valence-corrected chi connectivity index (χ0v) is 24.0. The van der Waals surface area contributed by atoms with Crippen LogP contribution in [0.1, 0.15) is 36.3 Å². The molecule has 5 N–H and O–H groups in total. The van der Waals surface area contributed by atoms with Crippen molar-refractivity contribution in [2.45, 2.75) is 38.3 Å². The molecule has 2 aromatic carbocycles. The molecular weight excluding hydrogens is 564 g/mol. The summed E-state index contributed by atoms with van der Waals surface area (Å²) in [6.07, 6.45) is 2.53. The second kappa shape index (κ2) is 12.7. The van der Waals surface area contributed by atoms with Gasteiger partial charge in [0.1, 0.15) is 18.1 Å². The predicted molar refractivity (Wildman–Crippen MR) is 164 cm³/mol. The fourth-order valence-electron chi connectivity index (χ4n) is 6.96. The summed E-state index contributed by atoms with van der Waals surface area (Å²) in [6, 6.07) is 19.3. The predicted octanol–water partition coefficient (Wildman–Crippen LogP) is 1.77. The van der Waals surface area contributed by atoms with E-state index in [2.05, 4.69) is 0 Å². The van der Waals surface area contributed by atoms with Gasteiger partial charge in [0.05, 0.1) is 30.2 Å². The minimum absolute atomic E-state index is 0.108. The first-order valence-electron chi connectivity index (χ1n) is 14.7. The highest BCUT2D eigenvalue weighted by Crippen LogP contribution is 2.51. The van der Waals surface area contributed by atoms with Crippen molar-refractivity contribution in [3.63, 3.8) is 0 Å². The average Bonchev–Trinajstić information content (AvgIpc) is 3.59. The number of fused-ring (bicyclic) bond motifs is 3. The van der Waals surface area contributed by atoms with Crippen molar-refractivity contribution in [1.82, 2.24) is 0 Å². The molecule has 2 aliphatic heterocycles. The van der Waals surface area contributed by atoms with Gasteiger partial charge in [-0.05, 0) is 89.6 Å². The number of imide groups is 1. The second-order valence-electron chi connectivity index (χ2n) is 11.5. The van der Waals surface area contributed by atoms with E-state index in [4.69, 9.17) is 9.07 Å². The summed E-state index contributed by atoms with van der Waals surface area (Å²) in [5.41, 5.74) is 3.70. The quantitative estimate of drug-likeness (QED) is 0.141. The molecule has 44 heavy (non-hydrogen) atoms. The van der Waals surface area contributed by atoms with Gasteiger partial charge in [-0.25, -0.2) is 0 Å². The molecule has 226 valence electrons. The fraction of sp³-hybridized carbons (Fsp3) is 0.312. The van der Waals surface area contributed by atoms with Crippen molar-refractivity contribution >= 4 is 48.9 Å². The number of anilines is 1. The maximum absolute atomic E-state index is 13.9. The number of hydrogen-bond acceptors (Lipinski definition) is 9. The smallest absolute Gasteiger partial charge is 0.459 e. The van der Waals surface area contributed by atoms with Gasteiger partial charge >= 0.3 is 14.2 Å². The van der Waals surface area contributed by atoms with Crippen LogP contribution in [0.25, 0.3) is 11.6 Å². The minimum Gasteiger partial charge on any atom is -0.459 e. The van der Waals surface area contributed by atoms with E-state index in [1.54, 1.807) is 24.3 Å². The van der Waals surface area contributed by atoms with Crippen LogP contribution in [0.4, 0.5) is 5.69 Å². The van der Waals surface area contributed by atoms with Gasteiger partial charge in [0.2, 0.25) is 11.8 Å². The number of aliphatic hydroxyl groups excluding tert-OH is 2. The molecule has 1 aromatic heterocycles. The molecule has 0 unspecified atom stereocenters. The van der Waals surface area contributed by atoms with Crippen molar-refractivity contribution in [3.8, 4) is 0 Å². The fourth-order valence-corrected chi connectivity index (χ4v) is 6.96. The van der Waals surface area contributed by atoms with Gasteiger partial charge in [0.15, 0.2) is 0 Å². The van der Waals surface area contributed by atoms with Crippen molar-refractivity contribution < 1.29 is 43.9 Å². The summed E-state index contributed by atoms with van der Waals surface area (Å²) in [4.78, 5) is 28.7. The minimum atomic E-state index is -1.76. The third kappa shape index (κ3) is 5.72. The zero-order chi connectivity index (χ0) is 31.0. The van der Waals surface area contributed by atoms with Crippen LogP contribution in [0.3, 0.4) is 0 Å². The van der Waals surface area contributed by atoms with Crippen LogP contribution in [0, 0.1) is 17.8 Å². The van der Waals surface area contributed by atoms with E-state index in [9.17, 15) is 34.9 Å². The molecule has 2 amide bonds. The van der Waals surface area contributed by atoms with E-state index in [-0.39, 0.29) is 37.1 Å². The topological polar surface area (TPSA) is 161 Å². The summed E-state index contributed by atoms with van der Waals surface area (Å²) in [6.45, 7) is -0.520. The molecule has 0 radical (unpaired) electrons. The summed E-state index contributed by atoms with van der Waals surface area (Å²) < 4.78 is 11.8. The number of hydrogen-bond donors (Lipinski definition) is 5. The third-order valence-corrected chi connectivity index (χ3v) is 8.90. The van der Waals surface area contributed by atoms with E-state index >= 15 is 0 Å². The number of carbonyl (C=O) groups excluding carboxylic acids is 2. The molecular formula is C32H33B2NO9. The Morgan fingerprint density at radius 2 is 1.77 bits per heavy atom. The van der Waals surface area contributed by atoms with Gasteiger partial charge in [-0.2, -0.15) is 0 Å². The number of rotatable bonds is 9. The van der Waals surface area contributed by atoms with Gasteiger partial charge in [0, 0.05) is 0 Å². The molecule has 4 atom stereocenters. The maximum atomic E-state index is 13.9. The lowest BCUT2D eigenvalue weighted by Crippen LogP contribution is -2.46. The molecule has 6 rings (SSSR count). The van der Waals surface area contributed by atoms with Gasteiger partial charge < -0.3 is 34.4 Å². The maximum Gasteiger partial charge on any atom is 0.488 e. The highest BCUT2D eigenvalue weighted by molar-refractivity contribution is 6.58. The number of carbonyl (C=O) groups is 2. The zero-order valence-electron chi connectivity index (χ0n) is 24.0. The Balaban J connectivity index is 1.30. The number of benzene rings is 2. The Morgan fingerprint density at radius 1 is 0.977 bits per heavy atom. The second-order valence-corrected chi connectivity index (χ2v) is 11.5. The van der Waals surface area contributed by atoms with E-state index in [1.807, 2.05) is 36.4 Å². The van der Waals surface area contributed by atoms with Gasteiger partial charge in [-0.3, -0.25) is 14.5 Å². The molecule has 12 heteroatoms. The van der Waals surface area contributed by atoms with Gasteiger partial charge in [-0.15, -0.1) is 0 Å². The Hall–Kier alpha value is -3.77. The Labute approximate surface area is 255 Å². The van der Waals surface area contributed by atoms with Crippen LogP contribution in [-0.4, -0.2) is 64.0 Å². The number of furan rings is 1. The molecule has 1 aliphatic carbocycles. The molecule has 3 aliphatic rings. The Kier molecular flexibility index (Phi) is 8.73. The van der Waals surface area contributed by atoms with Crippen LogP contribution >= 0.6 is 0 Å². The number of allylic oxidation sites excluding steroid dienone is 1.